The van der Waals surface area contributed by atoms with Gasteiger partial charge in [-0.3, -0.25) is 14.2 Å². The number of allylic oxidation sites excluding steroid dienone is 8. The van der Waals surface area contributed by atoms with Crippen LogP contribution in [0.15, 0.2) is 48.6 Å². The van der Waals surface area contributed by atoms with Gasteiger partial charge in [0.25, 0.3) is 7.82 Å². The average Bonchev–Trinajstić information content (AvgIpc) is 3.28. The summed E-state index contributed by atoms with van der Waals surface area (Å²) < 4.78 is 63.8. The average molecular weight is 1040 g/mol. The van der Waals surface area contributed by atoms with E-state index in [0.29, 0.717) is 25.7 Å². The molecule has 1 aliphatic rings. The van der Waals surface area contributed by atoms with Crippen molar-refractivity contribution in [2.24, 2.45) is 0 Å². The Morgan fingerprint density at radius 1 is 0.478 bits per heavy atom. The smallest absolute Gasteiger partial charge is 0.306 e. The third-order valence-corrected chi connectivity index (χ3v) is 13.1. The van der Waals surface area contributed by atoms with E-state index in [-0.39, 0.29) is 12.8 Å². The molecule has 1 saturated carbocycles. The largest absolute Gasteiger partial charge is 0.790 e. The number of hydrogen-bond donors (Lipinski definition) is 3. The van der Waals surface area contributed by atoms with Gasteiger partial charge in [0.05, 0.1) is 22.3 Å². The number of carbonyl (C=O) groups excluding carboxylic acids is 2. The summed E-state index contributed by atoms with van der Waals surface area (Å²) in [5.41, 5.74) is 0. The molecule has 3 N–H and O–H groups in total. The van der Waals surface area contributed by atoms with Gasteiger partial charge < -0.3 is 76.5 Å². The molecule has 402 valence electrons. The Kier molecular flexibility index (Phi) is 36.5. The maximum absolute atomic E-state index is 13.0. The quantitative estimate of drug-likeness (QED) is 0.0263. The van der Waals surface area contributed by atoms with Crippen molar-refractivity contribution in [1.82, 2.24) is 0 Å². The second kappa shape index (κ2) is 38.7. The molecule has 69 heavy (non-hydrogen) atoms. The molecule has 1 rings (SSSR count). The second-order valence-electron chi connectivity index (χ2n) is 17.3. The Hall–Kier alpha value is -1.89. The minimum absolute atomic E-state index is 0.0412. The molecule has 0 aromatic heterocycles. The van der Waals surface area contributed by atoms with E-state index in [1.54, 1.807) is 0 Å². The summed E-state index contributed by atoms with van der Waals surface area (Å²) in [4.78, 5) is 83.6. The van der Waals surface area contributed by atoms with Gasteiger partial charge >= 0.3 is 11.9 Å². The van der Waals surface area contributed by atoms with Crippen molar-refractivity contribution in [1.29, 1.82) is 0 Å². The number of unbranched alkanes of at least 4 members (excludes halogenated alkanes) is 18. The fourth-order valence-corrected chi connectivity index (χ4v) is 9.42. The molecule has 0 spiro atoms. The molecule has 0 amide bonds. The standard InChI is InChI=1S/C47H85O19P3/c1-3-5-7-9-11-13-15-17-19-20-22-24-26-28-30-32-34-36-41(49)63-39(37-61-40(48)35-33-31-29-27-25-23-21-18-16-14-12-10-8-6-4-2)38-62-69(59,60)66-45-42(50)43(51)46(64-67(53,54)55)47(44(45)52)65-68(56,57)58/h11,13,17,19,22,24,28,30,39,42-47,50-52H,3-10,12,14-16,18,20-21,23,25-27,29,31-38H2,1-2H3,(H,59,60)(H2,53,54,55)(H2,56,57,58)/p-5/b13-11-,19-17-,24-22-,30-28-/t39?,42-,43+,44+,45-,46-,47-/m1/s1. The van der Waals surface area contributed by atoms with Crippen LogP contribution < -0.4 is 24.5 Å². The minimum Gasteiger partial charge on any atom is -0.790 e. The third-order valence-electron chi connectivity index (χ3n) is 11.1. The molecule has 2 unspecified atom stereocenters. The van der Waals surface area contributed by atoms with Gasteiger partial charge in [0, 0.05) is 12.8 Å². The van der Waals surface area contributed by atoms with E-state index in [4.69, 9.17) is 14.0 Å². The zero-order chi connectivity index (χ0) is 51.4. The van der Waals surface area contributed by atoms with Crippen LogP contribution in [0.4, 0.5) is 0 Å². The van der Waals surface area contributed by atoms with Crippen LogP contribution in [0.25, 0.3) is 0 Å². The topological polar surface area (TPSA) is 317 Å². The molecule has 1 fully saturated rings. The van der Waals surface area contributed by atoms with Crippen LogP contribution in [0.1, 0.15) is 181 Å². The third kappa shape index (κ3) is 35.0. The van der Waals surface area contributed by atoms with Crippen LogP contribution in [0.2, 0.25) is 0 Å². The summed E-state index contributed by atoms with van der Waals surface area (Å²) in [6.45, 7) is 2.72. The molecule has 22 heteroatoms. The van der Waals surface area contributed by atoms with Gasteiger partial charge in [-0.25, -0.2) is 0 Å². The maximum atomic E-state index is 13.0. The monoisotopic (exact) mass is 1040 g/mol. The lowest BCUT2D eigenvalue weighted by molar-refractivity contribution is -0.366. The number of phosphoric acid groups is 3. The summed E-state index contributed by atoms with van der Waals surface area (Å²) in [7, 11) is -18.1. The molecule has 8 atom stereocenters. The molecule has 1 aliphatic carbocycles. The number of rotatable bonds is 42. The van der Waals surface area contributed by atoms with E-state index in [9.17, 15) is 63.1 Å². The van der Waals surface area contributed by atoms with Crippen molar-refractivity contribution in [3.63, 3.8) is 0 Å². The van der Waals surface area contributed by atoms with Gasteiger partial charge in [-0.15, -0.1) is 0 Å². The van der Waals surface area contributed by atoms with E-state index in [1.807, 2.05) is 18.2 Å². The van der Waals surface area contributed by atoms with Crippen LogP contribution >= 0.6 is 23.5 Å². The highest BCUT2D eigenvalue weighted by Crippen LogP contribution is 2.46. The molecule has 0 aliphatic heterocycles. The van der Waals surface area contributed by atoms with Gasteiger partial charge in [0.15, 0.2) is 6.10 Å². The predicted octanol–water partition coefficient (Wildman–Crippen LogP) is 6.24. The number of ether oxygens (including phenoxy) is 2. The molecular formula is C47H80O19P3-5. The number of aliphatic hydroxyl groups excluding tert-OH is 3. The van der Waals surface area contributed by atoms with Crippen molar-refractivity contribution in [3.8, 4) is 0 Å². The lowest BCUT2D eigenvalue weighted by Gasteiger charge is -2.50. The fraction of sp³-hybridized carbons (Fsp3) is 0.787. The summed E-state index contributed by atoms with van der Waals surface area (Å²) in [5, 5.41) is 31.6. The highest BCUT2D eigenvalue weighted by molar-refractivity contribution is 7.46. The van der Waals surface area contributed by atoms with Gasteiger partial charge in [0.2, 0.25) is 0 Å². The van der Waals surface area contributed by atoms with E-state index >= 15 is 0 Å². The van der Waals surface area contributed by atoms with Gasteiger partial charge in [-0.2, -0.15) is 0 Å². The van der Waals surface area contributed by atoms with Crippen molar-refractivity contribution >= 4 is 35.4 Å². The highest BCUT2D eigenvalue weighted by Gasteiger charge is 2.53. The number of phosphoric ester groups is 3. The molecule has 0 bridgehead atoms. The molecular weight excluding hydrogens is 961 g/mol. The maximum Gasteiger partial charge on any atom is 0.306 e. The summed E-state index contributed by atoms with van der Waals surface area (Å²) in [6, 6.07) is 0. The molecule has 0 saturated heterocycles. The van der Waals surface area contributed by atoms with Crippen LogP contribution in [0.3, 0.4) is 0 Å². The Morgan fingerprint density at radius 2 is 0.870 bits per heavy atom. The fourth-order valence-electron chi connectivity index (χ4n) is 7.37. The second-order valence-corrected chi connectivity index (χ2v) is 20.9. The summed E-state index contributed by atoms with van der Waals surface area (Å²) in [5.74, 6) is -1.44. The van der Waals surface area contributed by atoms with Crippen molar-refractivity contribution in [3.05, 3.63) is 48.6 Å². The number of carbonyl (C=O) groups is 2. The Balaban J connectivity index is 2.75. The summed E-state index contributed by atoms with van der Waals surface area (Å²) in [6.07, 6.45) is 23.9. The lowest BCUT2D eigenvalue weighted by atomic mass is 9.85. The highest BCUT2D eigenvalue weighted by atomic mass is 31.2. The first-order chi connectivity index (χ1) is 32.8. The van der Waals surface area contributed by atoms with Crippen molar-refractivity contribution in [2.75, 3.05) is 13.2 Å². The van der Waals surface area contributed by atoms with Gasteiger partial charge in [-0.05, 0) is 51.4 Å². The van der Waals surface area contributed by atoms with Crippen LogP contribution in [0, 0.1) is 0 Å². The van der Waals surface area contributed by atoms with Crippen LogP contribution in [-0.2, 0) is 50.9 Å². The van der Waals surface area contributed by atoms with Crippen molar-refractivity contribution < 1.29 is 90.6 Å². The van der Waals surface area contributed by atoms with E-state index in [1.165, 1.54) is 83.5 Å². The van der Waals surface area contributed by atoms with E-state index in [0.717, 1.165) is 44.9 Å². The van der Waals surface area contributed by atoms with Crippen LogP contribution in [-0.4, -0.2) is 83.2 Å². The first kappa shape index (κ1) is 65.1. The number of aliphatic hydroxyl groups is 3. The lowest BCUT2D eigenvalue weighted by Crippen LogP contribution is -2.65. The molecule has 19 nitrogen and oxygen atoms in total. The van der Waals surface area contributed by atoms with E-state index in [2.05, 4.69) is 57.8 Å². The first-order valence-electron chi connectivity index (χ1n) is 24.8. The molecule has 0 aromatic rings. The Bertz CT molecular complexity index is 1630. The zero-order valence-electron chi connectivity index (χ0n) is 40.7. The number of esters is 2. The van der Waals surface area contributed by atoms with Crippen molar-refractivity contribution in [2.45, 2.75) is 224 Å². The molecule has 0 aromatic carbocycles. The first-order valence-corrected chi connectivity index (χ1v) is 29.2. The molecule has 0 radical (unpaired) electrons. The van der Waals surface area contributed by atoms with Gasteiger partial charge in [0.1, 0.15) is 43.2 Å². The van der Waals surface area contributed by atoms with Gasteiger partial charge in [-0.1, -0.05) is 165 Å². The van der Waals surface area contributed by atoms with Crippen LogP contribution in [0.5, 0.6) is 0 Å². The molecule has 0 heterocycles. The minimum atomic E-state index is -6.16. The zero-order valence-corrected chi connectivity index (χ0v) is 43.4. The summed E-state index contributed by atoms with van der Waals surface area (Å²) >= 11 is 0. The normalized spacial score (nSPS) is 21.7. The van der Waals surface area contributed by atoms with E-state index < -0.39 is 91.3 Å². The number of hydrogen-bond acceptors (Lipinski definition) is 19. The Labute approximate surface area is 410 Å². The Morgan fingerprint density at radius 3 is 1.35 bits per heavy atom. The SMILES string of the molecule is CCCCC/C=C\C/C=C\C/C=C\C/C=C\CCCC(=O)OC(COC(=O)CCCCCCCCCCCCCCCCC)COP(=O)([O-])O[C@@H]1[C@H](O)[C@H](O)[C@@H](OP(=O)([O-])[O-])[C@H](OP(=O)([O-])[O-])[C@H]1O. The predicted molar refractivity (Wildman–Crippen MR) is 250 cm³/mol.